The highest BCUT2D eigenvalue weighted by Crippen LogP contribution is 2.44. The van der Waals surface area contributed by atoms with Crippen LogP contribution >= 0.6 is 8.60 Å². The molecule has 16 heteroatoms. The van der Waals surface area contributed by atoms with E-state index in [1.54, 1.807) is 12.1 Å². The summed E-state index contributed by atoms with van der Waals surface area (Å²) >= 11 is 0. The first kappa shape index (κ1) is 46.1. The SMILES string of the molecule is COc1ccc(S(=O)(=O)N(C[C@@H](OP(OCc2ccccc2)OCc2ccccc2)C(NC(=O)O[C@H]2CO[C@H]3OCC[C@H]32)OCc2ccccc2)CC(C)(C)CCC#N)cc1. The molecular weight excluding hydrogens is 822 g/mol. The number of fused-ring (bicyclic) bond motifs is 1. The van der Waals surface area contributed by atoms with Crippen LogP contribution in [0, 0.1) is 22.7 Å². The highest BCUT2D eigenvalue weighted by molar-refractivity contribution is 7.89. The van der Waals surface area contributed by atoms with E-state index in [9.17, 15) is 18.5 Å². The van der Waals surface area contributed by atoms with Crippen LogP contribution in [0.3, 0.4) is 0 Å². The molecule has 0 aliphatic carbocycles. The van der Waals surface area contributed by atoms with Crippen molar-refractivity contribution in [2.45, 2.75) is 82.6 Å². The van der Waals surface area contributed by atoms with E-state index >= 15 is 0 Å². The summed E-state index contributed by atoms with van der Waals surface area (Å²) in [7, 11) is -5.02. The summed E-state index contributed by atoms with van der Waals surface area (Å²) in [6, 6.07) is 36.6. The first-order valence-electron chi connectivity index (χ1n) is 20.2. The van der Waals surface area contributed by atoms with Gasteiger partial charge in [-0.3, -0.25) is 5.32 Å². The Balaban J connectivity index is 1.38. The van der Waals surface area contributed by atoms with Crippen LogP contribution in [0.4, 0.5) is 4.79 Å². The van der Waals surface area contributed by atoms with E-state index in [-0.39, 0.29) is 56.8 Å². The second-order valence-electron chi connectivity index (χ2n) is 15.5. The zero-order chi connectivity index (χ0) is 43.1. The van der Waals surface area contributed by atoms with E-state index in [1.165, 1.54) is 23.5 Å². The van der Waals surface area contributed by atoms with Gasteiger partial charge in [-0.05, 0) is 59.2 Å². The Bertz CT molecular complexity index is 2050. The zero-order valence-corrected chi connectivity index (χ0v) is 36.4. The number of hydrogen-bond acceptors (Lipinski definition) is 12. The number of methoxy groups -OCH3 is 1. The predicted molar refractivity (Wildman–Crippen MR) is 227 cm³/mol. The highest BCUT2D eigenvalue weighted by Gasteiger charge is 2.45. The summed E-state index contributed by atoms with van der Waals surface area (Å²) in [5, 5.41) is 12.4. The Kier molecular flexibility index (Phi) is 17.0. The molecule has 2 aliphatic heterocycles. The number of benzene rings is 4. The van der Waals surface area contributed by atoms with Crippen molar-refractivity contribution in [3.8, 4) is 11.8 Å². The molecule has 1 amide bonds. The normalized spacial score (nSPS) is 18.7. The number of carbonyl (C=O) groups is 1. The van der Waals surface area contributed by atoms with Gasteiger partial charge in [0.05, 0.1) is 57.0 Å². The molecule has 4 aromatic rings. The van der Waals surface area contributed by atoms with Crippen LogP contribution in [0.2, 0.25) is 0 Å². The molecule has 0 bridgehead atoms. The number of hydrogen-bond donors (Lipinski definition) is 1. The number of amides is 1. The number of rotatable bonds is 23. The Morgan fingerprint density at radius 2 is 1.48 bits per heavy atom. The van der Waals surface area contributed by atoms with Crippen molar-refractivity contribution in [2.75, 3.05) is 33.4 Å². The average molecular weight is 876 g/mol. The second kappa shape index (κ2) is 22.6. The van der Waals surface area contributed by atoms with Crippen molar-refractivity contribution in [2.24, 2.45) is 11.3 Å². The molecule has 2 heterocycles. The molecule has 0 aromatic heterocycles. The number of alkyl carbamates (subject to hydrolysis) is 1. The first-order chi connectivity index (χ1) is 29.5. The van der Waals surface area contributed by atoms with Crippen LogP contribution in [-0.4, -0.2) is 77.0 Å². The topological polar surface area (TPSA) is 164 Å². The highest BCUT2D eigenvalue weighted by atomic mass is 32.2. The van der Waals surface area contributed by atoms with Crippen LogP contribution in [0.5, 0.6) is 5.75 Å². The van der Waals surface area contributed by atoms with Gasteiger partial charge in [0.2, 0.25) is 10.0 Å². The van der Waals surface area contributed by atoms with Gasteiger partial charge in [-0.15, -0.1) is 0 Å². The molecule has 326 valence electrons. The van der Waals surface area contributed by atoms with E-state index in [2.05, 4.69) is 11.4 Å². The quantitative estimate of drug-likeness (QED) is 0.0564. The molecule has 5 atom stereocenters. The molecule has 1 N–H and O–H groups in total. The van der Waals surface area contributed by atoms with Gasteiger partial charge in [0.1, 0.15) is 18.0 Å². The van der Waals surface area contributed by atoms with E-state index in [0.29, 0.717) is 25.2 Å². The van der Waals surface area contributed by atoms with Crippen LogP contribution in [-0.2, 0) is 62.4 Å². The van der Waals surface area contributed by atoms with Crippen LogP contribution in [0.25, 0.3) is 0 Å². The second-order valence-corrected chi connectivity index (χ2v) is 18.6. The maximum absolute atomic E-state index is 14.8. The lowest BCUT2D eigenvalue weighted by molar-refractivity contribution is -0.0908. The third-order valence-electron chi connectivity index (χ3n) is 10.3. The van der Waals surface area contributed by atoms with Crippen LogP contribution < -0.4 is 10.1 Å². The maximum atomic E-state index is 14.8. The van der Waals surface area contributed by atoms with Gasteiger partial charge < -0.3 is 37.3 Å². The molecule has 6 rings (SSSR count). The Labute approximate surface area is 360 Å². The van der Waals surface area contributed by atoms with Crippen LogP contribution in [0.1, 0.15) is 49.8 Å². The number of nitrogens with one attached hydrogen (secondary N) is 1. The minimum atomic E-state index is -4.27. The summed E-state index contributed by atoms with van der Waals surface area (Å²) in [6.07, 6.45) is -3.12. The molecule has 0 saturated carbocycles. The fraction of sp³-hybridized carbons (Fsp3) is 0.422. The largest absolute Gasteiger partial charge is 0.497 e. The van der Waals surface area contributed by atoms with Crippen molar-refractivity contribution in [3.63, 3.8) is 0 Å². The summed E-state index contributed by atoms with van der Waals surface area (Å²) in [5.41, 5.74) is 1.83. The lowest BCUT2D eigenvalue weighted by atomic mass is 9.88. The van der Waals surface area contributed by atoms with Gasteiger partial charge in [0.15, 0.2) is 12.5 Å². The monoisotopic (exact) mass is 875 g/mol. The summed E-state index contributed by atoms with van der Waals surface area (Å²) < 4.78 is 79.6. The van der Waals surface area contributed by atoms with E-state index in [1.807, 2.05) is 105 Å². The van der Waals surface area contributed by atoms with Gasteiger partial charge in [-0.1, -0.05) is 105 Å². The van der Waals surface area contributed by atoms with E-state index in [0.717, 1.165) is 16.7 Å². The number of sulfonamides is 1. The standard InChI is InChI=1S/C45H54N3O11PS/c1-45(2,25-13-26-46)33-48(61(50,51)38-22-20-37(52-3)21-23-38)28-40(59-60(56-30-35-16-9-5-10-17-35)57-31-36-18-11-6-12-19-36)42(54-29-34-14-7-4-8-15-34)47-44(49)58-41-32-55-43-39(41)24-27-53-43/h4-12,14-23,39-43H,13,24-25,27-33H2,1-3H3,(H,47,49)/t39-,40+,41-,42?,43+/m0/s1. The maximum Gasteiger partial charge on any atom is 0.409 e. The molecule has 2 fully saturated rings. The first-order valence-corrected chi connectivity index (χ1v) is 22.7. The van der Waals surface area contributed by atoms with Gasteiger partial charge in [0, 0.05) is 19.5 Å². The molecule has 2 saturated heterocycles. The molecule has 61 heavy (non-hydrogen) atoms. The molecule has 4 aromatic carbocycles. The summed E-state index contributed by atoms with van der Waals surface area (Å²) in [6.45, 7) is 4.34. The third-order valence-corrected chi connectivity index (χ3v) is 13.2. The number of ether oxygens (including phenoxy) is 5. The fourth-order valence-electron chi connectivity index (χ4n) is 6.93. The van der Waals surface area contributed by atoms with Crippen molar-refractivity contribution in [1.82, 2.24) is 9.62 Å². The average Bonchev–Trinajstić information content (AvgIpc) is 3.91. The smallest absolute Gasteiger partial charge is 0.409 e. The van der Waals surface area contributed by atoms with Gasteiger partial charge >= 0.3 is 14.7 Å². The van der Waals surface area contributed by atoms with E-state index in [4.69, 9.17) is 37.3 Å². The molecule has 0 radical (unpaired) electrons. The zero-order valence-electron chi connectivity index (χ0n) is 34.7. The van der Waals surface area contributed by atoms with Crippen molar-refractivity contribution >= 4 is 24.7 Å². The molecule has 0 spiro atoms. The van der Waals surface area contributed by atoms with Crippen molar-refractivity contribution < 1.29 is 50.5 Å². The van der Waals surface area contributed by atoms with Crippen molar-refractivity contribution in [3.05, 3.63) is 132 Å². The van der Waals surface area contributed by atoms with Gasteiger partial charge in [-0.25, -0.2) is 13.2 Å². The molecule has 2 aliphatic rings. The fourth-order valence-corrected chi connectivity index (χ4v) is 9.67. The van der Waals surface area contributed by atoms with Gasteiger partial charge in [0.25, 0.3) is 0 Å². The Hall–Kier alpha value is -4.46. The lowest BCUT2D eigenvalue weighted by Gasteiger charge is -2.36. The minimum Gasteiger partial charge on any atom is -0.497 e. The Morgan fingerprint density at radius 1 is 0.885 bits per heavy atom. The lowest BCUT2D eigenvalue weighted by Crippen LogP contribution is -2.53. The molecule has 1 unspecified atom stereocenters. The van der Waals surface area contributed by atoms with E-state index < -0.39 is 54.9 Å². The molecule has 14 nitrogen and oxygen atoms in total. The van der Waals surface area contributed by atoms with Crippen molar-refractivity contribution in [1.29, 1.82) is 5.26 Å². The van der Waals surface area contributed by atoms with Gasteiger partial charge in [-0.2, -0.15) is 9.57 Å². The minimum absolute atomic E-state index is 0.00902. The summed E-state index contributed by atoms with van der Waals surface area (Å²) in [4.78, 5) is 13.9. The Morgan fingerprint density at radius 3 is 2.05 bits per heavy atom. The number of nitriles is 1. The summed E-state index contributed by atoms with van der Waals surface area (Å²) in [5.74, 6) is 0.353. The predicted octanol–water partition coefficient (Wildman–Crippen LogP) is 8.09. The molecular formula is C45H54N3O11PS. The number of carbonyl (C=O) groups excluding carboxylic acids is 1. The van der Waals surface area contributed by atoms with Crippen LogP contribution in [0.15, 0.2) is 120 Å². The third kappa shape index (κ3) is 13.8. The number of nitrogens with zero attached hydrogens (tertiary/aromatic N) is 2.